The summed E-state index contributed by atoms with van der Waals surface area (Å²) in [7, 11) is 1.60. The molecule has 1 fully saturated rings. The number of rotatable bonds is 7. The molecule has 3 rings (SSSR count). The summed E-state index contributed by atoms with van der Waals surface area (Å²) < 4.78 is 10.5. The number of nitrogens with zero attached hydrogens (tertiary/aromatic N) is 2. The first-order valence-electron chi connectivity index (χ1n) is 8.68. The van der Waals surface area contributed by atoms with Gasteiger partial charge in [-0.15, -0.1) is 11.3 Å². The molecule has 1 N–H and O–H groups in total. The van der Waals surface area contributed by atoms with Crippen LogP contribution in [0.5, 0.6) is 11.5 Å². The van der Waals surface area contributed by atoms with Crippen LogP contribution in [0.25, 0.3) is 0 Å². The summed E-state index contributed by atoms with van der Waals surface area (Å²) in [4.78, 5) is 15.2. The minimum Gasteiger partial charge on any atom is -0.497 e. The monoisotopic (exact) mass is 373 g/mol. The van der Waals surface area contributed by atoms with Gasteiger partial charge in [0.05, 0.1) is 18.3 Å². The molecule has 138 valence electrons. The van der Waals surface area contributed by atoms with Crippen molar-refractivity contribution in [2.75, 3.05) is 31.7 Å². The lowest BCUT2D eigenvalue weighted by Gasteiger charge is -2.27. The topological polar surface area (TPSA) is 63.2 Å². The first-order valence-corrected chi connectivity index (χ1v) is 9.50. The number of hydrazone groups is 1. The standard InChI is InChI=1S/C19H23N3O3S/c1-24-15-5-7-16(8-6-15)25-14-18(23)21-20-13-17-9-10-19(26-17)22-11-3-2-4-12-22/h5-10,13H,2-4,11-12,14H2,1H3,(H,21,23)/b20-13-. The second-order valence-corrected chi connectivity index (χ2v) is 7.07. The van der Waals surface area contributed by atoms with Gasteiger partial charge in [0.15, 0.2) is 6.61 Å². The molecule has 1 aromatic carbocycles. The van der Waals surface area contributed by atoms with Crippen LogP contribution < -0.4 is 19.8 Å². The van der Waals surface area contributed by atoms with E-state index in [1.54, 1.807) is 48.9 Å². The third kappa shape index (κ3) is 5.23. The summed E-state index contributed by atoms with van der Waals surface area (Å²) in [5.41, 5.74) is 2.49. The lowest BCUT2D eigenvalue weighted by molar-refractivity contribution is -0.123. The largest absolute Gasteiger partial charge is 0.497 e. The lowest BCUT2D eigenvalue weighted by Crippen LogP contribution is -2.28. The van der Waals surface area contributed by atoms with Gasteiger partial charge < -0.3 is 14.4 Å². The molecule has 2 aromatic rings. The molecule has 1 aromatic heterocycles. The van der Waals surface area contributed by atoms with E-state index in [1.807, 2.05) is 6.07 Å². The number of ether oxygens (including phenoxy) is 2. The summed E-state index contributed by atoms with van der Waals surface area (Å²) >= 11 is 1.69. The Bertz CT molecular complexity index is 737. The number of piperidine rings is 1. The van der Waals surface area contributed by atoms with Crippen molar-refractivity contribution >= 4 is 28.5 Å². The SMILES string of the molecule is COc1ccc(OCC(=O)N/N=C\c2ccc(N3CCCCC3)s2)cc1. The second kappa shape index (κ2) is 9.24. The maximum Gasteiger partial charge on any atom is 0.277 e. The molecular formula is C19H23N3O3S. The van der Waals surface area contributed by atoms with Crippen molar-refractivity contribution in [2.45, 2.75) is 19.3 Å². The smallest absolute Gasteiger partial charge is 0.277 e. The number of hydrogen-bond donors (Lipinski definition) is 1. The number of benzene rings is 1. The first-order chi connectivity index (χ1) is 12.7. The van der Waals surface area contributed by atoms with Gasteiger partial charge in [-0.1, -0.05) is 0 Å². The average Bonchev–Trinajstić information content (AvgIpc) is 3.16. The average molecular weight is 373 g/mol. The lowest BCUT2D eigenvalue weighted by atomic mass is 10.1. The van der Waals surface area contributed by atoms with E-state index < -0.39 is 0 Å². The van der Waals surface area contributed by atoms with Crippen molar-refractivity contribution in [3.63, 3.8) is 0 Å². The molecule has 0 atom stereocenters. The maximum absolute atomic E-state index is 11.8. The Morgan fingerprint density at radius 2 is 1.88 bits per heavy atom. The molecule has 6 nitrogen and oxygen atoms in total. The summed E-state index contributed by atoms with van der Waals surface area (Å²) in [6, 6.07) is 11.2. The highest BCUT2D eigenvalue weighted by atomic mass is 32.1. The zero-order valence-corrected chi connectivity index (χ0v) is 15.6. The Hall–Kier alpha value is -2.54. The number of carbonyl (C=O) groups is 1. The van der Waals surface area contributed by atoms with Crippen molar-refractivity contribution in [2.24, 2.45) is 5.10 Å². The van der Waals surface area contributed by atoms with E-state index in [4.69, 9.17) is 9.47 Å². The Labute approximate surface area is 157 Å². The highest BCUT2D eigenvalue weighted by molar-refractivity contribution is 7.17. The summed E-state index contributed by atoms with van der Waals surface area (Å²) in [5.74, 6) is 1.05. The van der Waals surface area contributed by atoms with E-state index in [-0.39, 0.29) is 12.5 Å². The van der Waals surface area contributed by atoms with Gasteiger partial charge in [0.1, 0.15) is 11.5 Å². The van der Waals surface area contributed by atoms with Crippen LogP contribution >= 0.6 is 11.3 Å². The predicted molar refractivity (Wildman–Crippen MR) is 105 cm³/mol. The maximum atomic E-state index is 11.8. The number of hydrogen-bond acceptors (Lipinski definition) is 6. The van der Waals surface area contributed by atoms with Gasteiger partial charge in [0.2, 0.25) is 0 Å². The van der Waals surface area contributed by atoms with E-state index in [9.17, 15) is 4.79 Å². The van der Waals surface area contributed by atoms with Crippen LogP contribution in [0.4, 0.5) is 5.00 Å². The Kier molecular flexibility index (Phi) is 6.49. The van der Waals surface area contributed by atoms with Gasteiger partial charge in [-0.3, -0.25) is 4.79 Å². The minimum absolute atomic E-state index is 0.0901. The highest BCUT2D eigenvalue weighted by Crippen LogP contribution is 2.27. The van der Waals surface area contributed by atoms with Crippen LogP contribution in [-0.4, -0.2) is 38.9 Å². The fourth-order valence-corrected chi connectivity index (χ4v) is 3.65. The van der Waals surface area contributed by atoms with E-state index in [2.05, 4.69) is 21.5 Å². The number of thiophene rings is 1. The van der Waals surface area contributed by atoms with E-state index in [0.29, 0.717) is 5.75 Å². The Morgan fingerprint density at radius 3 is 2.62 bits per heavy atom. The molecule has 1 aliphatic heterocycles. The second-order valence-electron chi connectivity index (χ2n) is 5.98. The molecule has 0 spiro atoms. The highest BCUT2D eigenvalue weighted by Gasteiger charge is 2.12. The van der Waals surface area contributed by atoms with Crippen LogP contribution in [0.2, 0.25) is 0 Å². The van der Waals surface area contributed by atoms with Crippen molar-refractivity contribution in [1.29, 1.82) is 0 Å². The van der Waals surface area contributed by atoms with Crippen LogP contribution in [0.1, 0.15) is 24.1 Å². The minimum atomic E-state index is -0.301. The molecule has 7 heteroatoms. The van der Waals surface area contributed by atoms with Crippen molar-refractivity contribution < 1.29 is 14.3 Å². The van der Waals surface area contributed by atoms with Crippen molar-refractivity contribution in [3.05, 3.63) is 41.3 Å². The molecule has 1 aliphatic rings. The van der Waals surface area contributed by atoms with E-state index in [1.165, 1.54) is 24.3 Å². The quantitative estimate of drug-likeness (QED) is 0.598. The molecule has 0 unspecified atom stereocenters. The number of nitrogens with one attached hydrogen (secondary N) is 1. The van der Waals surface area contributed by atoms with Gasteiger partial charge in [-0.25, -0.2) is 5.43 Å². The van der Waals surface area contributed by atoms with Gasteiger partial charge in [-0.2, -0.15) is 5.10 Å². The molecule has 2 heterocycles. The fraction of sp³-hybridized carbons (Fsp3) is 0.368. The molecule has 0 saturated carbocycles. The summed E-state index contributed by atoms with van der Waals surface area (Å²) in [6.45, 7) is 2.15. The third-order valence-corrected chi connectivity index (χ3v) is 5.17. The van der Waals surface area contributed by atoms with Crippen LogP contribution in [-0.2, 0) is 4.79 Å². The molecule has 1 saturated heterocycles. The number of amides is 1. The summed E-state index contributed by atoms with van der Waals surface area (Å²) in [5, 5.41) is 5.27. The normalized spacial score (nSPS) is 14.4. The fourth-order valence-electron chi connectivity index (χ4n) is 2.72. The molecule has 1 amide bonds. The number of methoxy groups -OCH3 is 1. The molecule has 0 aliphatic carbocycles. The zero-order chi connectivity index (χ0) is 18.2. The summed E-state index contributed by atoms with van der Waals surface area (Å²) in [6.07, 6.45) is 5.50. The van der Waals surface area contributed by atoms with Crippen LogP contribution in [0.15, 0.2) is 41.5 Å². The van der Waals surface area contributed by atoms with E-state index >= 15 is 0 Å². The number of anilines is 1. The van der Waals surface area contributed by atoms with E-state index in [0.717, 1.165) is 23.7 Å². The molecule has 0 bridgehead atoms. The van der Waals surface area contributed by atoms with Gasteiger partial charge in [0.25, 0.3) is 5.91 Å². The van der Waals surface area contributed by atoms with Gasteiger partial charge in [0, 0.05) is 18.0 Å². The molecule has 0 radical (unpaired) electrons. The third-order valence-electron chi connectivity index (χ3n) is 4.09. The van der Waals surface area contributed by atoms with Crippen molar-refractivity contribution in [1.82, 2.24) is 5.43 Å². The first kappa shape index (κ1) is 18.3. The Balaban J connectivity index is 1.42. The van der Waals surface area contributed by atoms with Crippen LogP contribution in [0, 0.1) is 0 Å². The predicted octanol–water partition coefficient (Wildman–Crippen LogP) is 3.28. The van der Waals surface area contributed by atoms with Gasteiger partial charge in [-0.05, 0) is 55.7 Å². The van der Waals surface area contributed by atoms with Gasteiger partial charge >= 0.3 is 0 Å². The molecular weight excluding hydrogens is 350 g/mol. The molecule has 26 heavy (non-hydrogen) atoms. The van der Waals surface area contributed by atoms with Crippen LogP contribution in [0.3, 0.4) is 0 Å². The zero-order valence-electron chi connectivity index (χ0n) is 14.8. The number of carbonyl (C=O) groups excluding carboxylic acids is 1. The Morgan fingerprint density at radius 1 is 1.15 bits per heavy atom. The van der Waals surface area contributed by atoms with Crippen molar-refractivity contribution in [3.8, 4) is 11.5 Å².